The third kappa shape index (κ3) is 6.68. The van der Waals surface area contributed by atoms with E-state index >= 15 is 0 Å². The molecule has 2 N–H and O–H groups in total. The molecule has 7 heteroatoms. The van der Waals surface area contributed by atoms with Crippen LogP contribution in [0.4, 0.5) is 0 Å². The van der Waals surface area contributed by atoms with E-state index in [1.807, 2.05) is 48.5 Å². The van der Waals surface area contributed by atoms with E-state index in [2.05, 4.69) is 10.2 Å². The Balaban J connectivity index is 1.43. The minimum absolute atomic E-state index is 0.215. The summed E-state index contributed by atoms with van der Waals surface area (Å²) in [6, 6.07) is 15.9. The fraction of sp³-hybridized carbons (Fsp3) is 0.407. The number of hydrogen-bond donors (Lipinski definition) is 2. The van der Waals surface area contributed by atoms with Gasteiger partial charge in [-0.3, -0.25) is 9.59 Å². The topological polar surface area (TPSA) is 82.1 Å². The standard InChI is InChI=1S/C27H33N3O4/c31-26(32)19-24-17-23-18-25(34-16-4-12-29-14-10-28-11-15-29)8-7-22(23)20-30(27(24)33)13-9-21-5-2-1-3-6-21/h1-3,5-8,17-18,28H,4,9-16,19-20H2,(H,31,32). The first kappa shape index (κ1) is 24.0. The number of ether oxygens (including phenoxy) is 1. The summed E-state index contributed by atoms with van der Waals surface area (Å²) in [5, 5.41) is 12.7. The number of nitrogens with one attached hydrogen (secondary N) is 1. The molecule has 7 nitrogen and oxygen atoms in total. The summed E-state index contributed by atoms with van der Waals surface area (Å²) in [5.74, 6) is -0.477. The minimum Gasteiger partial charge on any atom is -0.494 e. The zero-order valence-electron chi connectivity index (χ0n) is 19.5. The summed E-state index contributed by atoms with van der Waals surface area (Å²) in [6.07, 6.45) is 3.09. The Morgan fingerprint density at radius 3 is 2.62 bits per heavy atom. The van der Waals surface area contributed by atoms with Gasteiger partial charge in [-0.25, -0.2) is 0 Å². The molecule has 0 unspecified atom stereocenters. The van der Waals surface area contributed by atoms with E-state index < -0.39 is 5.97 Å². The average molecular weight is 464 g/mol. The zero-order valence-corrected chi connectivity index (χ0v) is 19.5. The van der Waals surface area contributed by atoms with Gasteiger partial charge in [-0.15, -0.1) is 0 Å². The lowest BCUT2D eigenvalue weighted by Gasteiger charge is -2.27. The van der Waals surface area contributed by atoms with E-state index in [-0.39, 0.29) is 12.3 Å². The van der Waals surface area contributed by atoms with Gasteiger partial charge in [0.1, 0.15) is 5.75 Å². The number of rotatable bonds is 10. The molecule has 2 aliphatic rings. The first-order valence-electron chi connectivity index (χ1n) is 12.0. The predicted octanol–water partition coefficient (Wildman–Crippen LogP) is 2.80. The summed E-state index contributed by atoms with van der Waals surface area (Å²) in [5.41, 5.74) is 3.30. The first-order chi connectivity index (χ1) is 16.6. The zero-order chi connectivity index (χ0) is 23.8. The van der Waals surface area contributed by atoms with Crippen molar-refractivity contribution in [2.45, 2.75) is 25.8 Å². The summed E-state index contributed by atoms with van der Waals surface area (Å²) >= 11 is 0. The number of carbonyl (C=O) groups is 2. The first-order valence-corrected chi connectivity index (χ1v) is 12.0. The van der Waals surface area contributed by atoms with Gasteiger partial charge in [-0.2, -0.15) is 0 Å². The molecule has 4 rings (SSSR count). The Kier molecular flexibility index (Phi) is 8.33. The molecule has 0 aromatic heterocycles. The van der Waals surface area contributed by atoms with Gasteiger partial charge < -0.3 is 25.0 Å². The predicted molar refractivity (Wildman–Crippen MR) is 132 cm³/mol. The van der Waals surface area contributed by atoms with E-state index in [1.54, 1.807) is 11.0 Å². The van der Waals surface area contributed by atoms with E-state index in [0.717, 1.165) is 68.0 Å². The quantitative estimate of drug-likeness (QED) is 0.528. The van der Waals surface area contributed by atoms with Gasteiger partial charge in [0.25, 0.3) is 5.91 Å². The van der Waals surface area contributed by atoms with Crippen molar-refractivity contribution in [1.29, 1.82) is 0 Å². The van der Waals surface area contributed by atoms with Crippen LogP contribution in [-0.2, 0) is 22.6 Å². The number of hydrogen-bond acceptors (Lipinski definition) is 5. The van der Waals surface area contributed by atoms with Gasteiger partial charge in [-0.05, 0) is 47.7 Å². The second-order valence-corrected chi connectivity index (χ2v) is 8.86. The molecule has 0 bridgehead atoms. The fourth-order valence-corrected chi connectivity index (χ4v) is 4.46. The van der Waals surface area contributed by atoms with Crippen molar-refractivity contribution < 1.29 is 19.4 Å². The monoisotopic (exact) mass is 463 g/mol. The van der Waals surface area contributed by atoms with Crippen molar-refractivity contribution in [3.8, 4) is 5.75 Å². The molecule has 0 aliphatic carbocycles. The molecule has 34 heavy (non-hydrogen) atoms. The van der Waals surface area contributed by atoms with Crippen LogP contribution in [0.15, 0.2) is 54.1 Å². The maximum absolute atomic E-state index is 13.2. The van der Waals surface area contributed by atoms with Gasteiger partial charge in [0.2, 0.25) is 0 Å². The van der Waals surface area contributed by atoms with Crippen LogP contribution in [0.3, 0.4) is 0 Å². The third-order valence-corrected chi connectivity index (χ3v) is 6.32. The average Bonchev–Trinajstić information content (AvgIpc) is 2.97. The maximum atomic E-state index is 13.2. The van der Waals surface area contributed by atoms with Gasteiger partial charge in [0.15, 0.2) is 0 Å². The molecule has 0 atom stereocenters. The van der Waals surface area contributed by atoms with Crippen LogP contribution in [0.25, 0.3) is 6.08 Å². The van der Waals surface area contributed by atoms with Crippen LogP contribution in [0.2, 0.25) is 0 Å². The molecule has 2 aliphatic heterocycles. The number of carboxylic acids is 1. The Morgan fingerprint density at radius 2 is 1.85 bits per heavy atom. The number of nitrogens with zero attached hydrogens (tertiary/aromatic N) is 2. The number of piperazine rings is 1. The molecule has 2 aromatic rings. The lowest BCUT2D eigenvalue weighted by atomic mass is 10.0. The molecule has 2 heterocycles. The van der Waals surface area contributed by atoms with Crippen LogP contribution >= 0.6 is 0 Å². The normalized spacial score (nSPS) is 16.5. The van der Waals surface area contributed by atoms with Crippen molar-refractivity contribution in [3.63, 3.8) is 0 Å². The Morgan fingerprint density at radius 1 is 1.06 bits per heavy atom. The van der Waals surface area contributed by atoms with E-state index in [4.69, 9.17) is 4.74 Å². The van der Waals surface area contributed by atoms with E-state index in [0.29, 0.717) is 25.3 Å². The van der Waals surface area contributed by atoms with E-state index in [9.17, 15) is 14.7 Å². The second-order valence-electron chi connectivity index (χ2n) is 8.86. The molecule has 1 amide bonds. The van der Waals surface area contributed by atoms with Crippen LogP contribution in [0, 0.1) is 0 Å². The number of aliphatic carboxylic acids is 1. The molecule has 0 spiro atoms. The third-order valence-electron chi connectivity index (χ3n) is 6.32. The minimum atomic E-state index is -1.01. The maximum Gasteiger partial charge on any atom is 0.308 e. The van der Waals surface area contributed by atoms with Crippen molar-refractivity contribution in [2.24, 2.45) is 0 Å². The summed E-state index contributed by atoms with van der Waals surface area (Å²) in [4.78, 5) is 28.8. The number of carboxylic acid groups (broad SMARTS) is 1. The smallest absolute Gasteiger partial charge is 0.308 e. The molecule has 180 valence electrons. The largest absolute Gasteiger partial charge is 0.494 e. The van der Waals surface area contributed by atoms with Crippen LogP contribution in [0.5, 0.6) is 5.75 Å². The van der Waals surface area contributed by atoms with Gasteiger partial charge in [0, 0.05) is 51.4 Å². The van der Waals surface area contributed by atoms with Crippen molar-refractivity contribution >= 4 is 18.0 Å². The van der Waals surface area contributed by atoms with Gasteiger partial charge in [0.05, 0.1) is 13.0 Å². The Hall–Kier alpha value is -3.16. The van der Waals surface area contributed by atoms with E-state index in [1.165, 1.54) is 0 Å². The summed E-state index contributed by atoms with van der Waals surface area (Å²) < 4.78 is 5.99. The number of fused-ring (bicyclic) bond motifs is 1. The highest BCUT2D eigenvalue weighted by Gasteiger charge is 2.25. The lowest BCUT2D eigenvalue weighted by Crippen LogP contribution is -2.43. The van der Waals surface area contributed by atoms with Gasteiger partial charge >= 0.3 is 5.97 Å². The molecular formula is C27H33N3O4. The second kappa shape index (κ2) is 11.8. The Bertz CT molecular complexity index is 1020. The van der Waals surface area contributed by atoms with Crippen molar-refractivity contribution in [3.05, 3.63) is 70.8 Å². The summed E-state index contributed by atoms with van der Waals surface area (Å²) in [6.45, 7) is 6.84. The lowest BCUT2D eigenvalue weighted by molar-refractivity contribution is -0.138. The van der Waals surface area contributed by atoms with Gasteiger partial charge in [-0.1, -0.05) is 36.4 Å². The van der Waals surface area contributed by atoms with Crippen LogP contribution in [0.1, 0.15) is 29.5 Å². The number of carbonyl (C=O) groups excluding carboxylic acids is 1. The molecule has 0 saturated carbocycles. The number of amides is 1. The van der Waals surface area contributed by atoms with Crippen molar-refractivity contribution in [1.82, 2.24) is 15.1 Å². The highest BCUT2D eigenvalue weighted by atomic mass is 16.5. The molecule has 1 fully saturated rings. The molecule has 0 radical (unpaired) electrons. The highest BCUT2D eigenvalue weighted by Crippen LogP contribution is 2.27. The van der Waals surface area contributed by atoms with Crippen LogP contribution < -0.4 is 10.1 Å². The van der Waals surface area contributed by atoms with Crippen LogP contribution in [-0.4, -0.2) is 72.7 Å². The summed E-state index contributed by atoms with van der Waals surface area (Å²) in [7, 11) is 0. The Labute approximate surface area is 201 Å². The molecule has 2 aromatic carbocycles. The molecule has 1 saturated heterocycles. The SMILES string of the molecule is O=C(O)CC1=Cc2cc(OCCCN3CCNCC3)ccc2CN(CCc2ccccc2)C1=O. The fourth-order valence-electron chi connectivity index (χ4n) is 4.46. The number of benzene rings is 2. The molecular weight excluding hydrogens is 430 g/mol. The highest BCUT2D eigenvalue weighted by molar-refractivity contribution is 6.02. The van der Waals surface area contributed by atoms with Crippen molar-refractivity contribution in [2.75, 3.05) is 45.9 Å².